The van der Waals surface area contributed by atoms with Crippen LogP contribution in [0.3, 0.4) is 0 Å². The summed E-state index contributed by atoms with van der Waals surface area (Å²) in [5.74, 6) is 1.44. The molecule has 120 valence electrons. The number of benzene rings is 1. The van der Waals surface area contributed by atoms with E-state index in [0.29, 0.717) is 22.7 Å². The van der Waals surface area contributed by atoms with Gasteiger partial charge in [0.05, 0.1) is 29.4 Å². The molecule has 0 saturated carbocycles. The highest BCUT2D eigenvalue weighted by molar-refractivity contribution is 5.90. The molecular weight excluding hydrogens is 300 g/mol. The molecule has 5 heteroatoms. The van der Waals surface area contributed by atoms with Gasteiger partial charge in [0.1, 0.15) is 23.3 Å². The molecule has 2 aromatic heterocycles. The van der Waals surface area contributed by atoms with E-state index in [1.807, 2.05) is 37.5 Å². The van der Waals surface area contributed by atoms with Crippen LogP contribution < -0.4 is 4.74 Å². The Balaban J connectivity index is 2.54. The molecule has 2 heterocycles. The lowest BCUT2D eigenvalue weighted by atomic mass is 10.1. The van der Waals surface area contributed by atoms with Crippen molar-refractivity contribution >= 4 is 17.1 Å². The Morgan fingerprint density at radius 3 is 2.67 bits per heavy atom. The maximum Gasteiger partial charge on any atom is 0.150 e. The molecule has 0 N–H and O–H groups in total. The molecule has 0 amide bonds. The Bertz CT molecular complexity index is 1010. The second-order valence-corrected chi connectivity index (χ2v) is 5.62. The third kappa shape index (κ3) is 2.16. The fourth-order valence-electron chi connectivity index (χ4n) is 3.09. The minimum Gasteiger partial charge on any atom is -0.496 e. The van der Waals surface area contributed by atoms with Crippen LogP contribution in [-0.2, 0) is 0 Å². The lowest BCUT2D eigenvalue weighted by molar-refractivity contribution is 0.411. The van der Waals surface area contributed by atoms with Crippen LogP contribution in [0.4, 0.5) is 0 Å². The van der Waals surface area contributed by atoms with Crippen molar-refractivity contribution in [3.05, 3.63) is 53.1 Å². The molecular formula is C19H18N4O. The molecule has 0 aliphatic rings. The summed E-state index contributed by atoms with van der Waals surface area (Å²) in [6.07, 6.45) is 3.39. The van der Waals surface area contributed by atoms with Gasteiger partial charge in [-0.15, -0.1) is 0 Å². The normalized spacial score (nSPS) is 10.6. The van der Waals surface area contributed by atoms with Gasteiger partial charge in [-0.2, -0.15) is 5.26 Å². The summed E-state index contributed by atoms with van der Waals surface area (Å²) in [6.45, 7) is 9.76. The monoisotopic (exact) mass is 318 g/mol. The number of nitrogens with zero attached hydrogens (tertiary/aromatic N) is 4. The van der Waals surface area contributed by atoms with Gasteiger partial charge in [-0.25, -0.2) is 9.97 Å². The molecule has 0 spiro atoms. The lowest BCUT2D eigenvalue weighted by Gasteiger charge is -2.17. The maximum absolute atomic E-state index is 9.63. The number of methoxy groups -OCH3 is 1. The Labute approximate surface area is 140 Å². The highest BCUT2D eigenvalue weighted by atomic mass is 16.5. The standard InChI is InChI=1S/C19H18N4O/c1-6-16-14(9-20)15-10-21-13(4)22-19(15)23(16)18-11(2)7-8-17(24-5)12(18)3/h6-8,10H,1H2,2-5H3. The summed E-state index contributed by atoms with van der Waals surface area (Å²) in [5, 5.41) is 10.3. The number of hydrogen-bond donors (Lipinski definition) is 0. The van der Waals surface area contributed by atoms with Crippen molar-refractivity contribution in [2.75, 3.05) is 7.11 Å². The van der Waals surface area contributed by atoms with Gasteiger partial charge in [0.2, 0.25) is 0 Å². The minimum atomic E-state index is 0.529. The number of aromatic nitrogens is 3. The molecule has 3 rings (SSSR count). The molecule has 0 saturated heterocycles. The first-order valence-electron chi connectivity index (χ1n) is 7.58. The fourth-order valence-corrected chi connectivity index (χ4v) is 3.09. The maximum atomic E-state index is 9.63. The molecule has 0 bridgehead atoms. The Morgan fingerprint density at radius 1 is 1.29 bits per heavy atom. The first-order valence-corrected chi connectivity index (χ1v) is 7.58. The molecule has 0 fully saturated rings. The molecule has 5 nitrogen and oxygen atoms in total. The van der Waals surface area contributed by atoms with Gasteiger partial charge >= 0.3 is 0 Å². The van der Waals surface area contributed by atoms with Crippen LogP contribution in [0, 0.1) is 32.1 Å². The fraction of sp³-hybridized carbons (Fsp3) is 0.211. The summed E-state index contributed by atoms with van der Waals surface area (Å²) in [4.78, 5) is 8.82. The van der Waals surface area contributed by atoms with Crippen LogP contribution in [0.2, 0.25) is 0 Å². The quantitative estimate of drug-likeness (QED) is 0.735. The summed E-state index contributed by atoms with van der Waals surface area (Å²) >= 11 is 0. The van der Waals surface area contributed by atoms with E-state index in [-0.39, 0.29) is 0 Å². The van der Waals surface area contributed by atoms with Crippen LogP contribution in [0.15, 0.2) is 24.9 Å². The highest BCUT2D eigenvalue weighted by Crippen LogP contribution is 2.34. The minimum absolute atomic E-state index is 0.529. The zero-order valence-corrected chi connectivity index (χ0v) is 14.2. The van der Waals surface area contributed by atoms with Crippen molar-refractivity contribution in [3.8, 4) is 17.5 Å². The molecule has 0 aliphatic carbocycles. The van der Waals surface area contributed by atoms with Crippen molar-refractivity contribution in [3.63, 3.8) is 0 Å². The molecule has 0 unspecified atom stereocenters. The van der Waals surface area contributed by atoms with E-state index in [4.69, 9.17) is 4.74 Å². The Morgan fingerprint density at radius 2 is 2.04 bits per heavy atom. The van der Waals surface area contributed by atoms with Gasteiger partial charge in [0, 0.05) is 11.8 Å². The molecule has 1 aromatic carbocycles. The van der Waals surface area contributed by atoms with E-state index in [2.05, 4.69) is 22.6 Å². The molecule has 0 atom stereocenters. The number of rotatable bonds is 3. The largest absolute Gasteiger partial charge is 0.496 e. The number of aryl methyl sites for hydroxylation is 2. The van der Waals surface area contributed by atoms with Crippen molar-refractivity contribution in [2.24, 2.45) is 0 Å². The zero-order chi connectivity index (χ0) is 17.4. The van der Waals surface area contributed by atoms with Crippen LogP contribution in [0.5, 0.6) is 5.75 Å². The van der Waals surface area contributed by atoms with Crippen molar-refractivity contribution in [1.82, 2.24) is 14.5 Å². The lowest BCUT2D eigenvalue weighted by Crippen LogP contribution is -2.05. The van der Waals surface area contributed by atoms with E-state index in [0.717, 1.165) is 28.0 Å². The van der Waals surface area contributed by atoms with E-state index in [1.165, 1.54) is 0 Å². The van der Waals surface area contributed by atoms with Crippen LogP contribution >= 0.6 is 0 Å². The predicted octanol–water partition coefficient (Wildman–Crippen LogP) is 3.87. The predicted molar refractivity (Wildman–Crippen MR) is 94.4 cm³/mol. The third-order valence-corrected chi connectivity index (χ3v) is 4.20. The van der Waals surface area contributed by atoms with E-state index < -0.39 is 0 Å². The third-order valence-electron chi connectivity index (χ3n) is 4.20. The number of ether oxygens (including phenoxy) is 1. The van der Waals surface area contributed by atoms with Gasteiger partial charge in [0.25, 0.3) is 0 Å². The molecule has 24 heavy (non-hydrogen) atoms. The van der Waals surface area contributed by atoms with Gasteiger partial charge < -0.3 is 4.74 Å². The van der Waals surface area contributed by atoms with Crippen molar-refractivity contribution < 1.29 is 4.74 Å². The Kier molecular flexibility index (Phi) is 3.82. The van der Waals surface area contributed by atoms with Gasteiger partial charge in [-0.1, -0.05) is 12.6 Å². The van der Waals surface area contributed by atoms with E-state index in [1.54, 1.807) is 19.4 Å². The summed E-state index contributed by atoms with van der Waals surface area (Å²) in [7, 11) is 1.65. The number of hydrogen-bond acceptors (Lipinski definition) is 4. The van der Waals surface area contributed by atoms with Crippen LogP contribution in [0.25, 0.3) is 22.8 Å². The average Bonchev–Trinajstić information content (AvgIpc) is 2.87. The van der Waals surface area contributed by atoms with Gasteiger partial charge in [-0.05, 0) is 38.5 Å². The topological polar surface area (TPSA) is 63.7 Å². The first kappa shape index (κ1) is 15.8. The van der Waals surface area contributed by atoms with E-state index in [9.17, 15) is 5.26 Å². The second kappa shape index (κ2) is 5.82. The smallest absolute Gasteiger partial charge is 0.150 e. The SMILES string of the molecule is C=Cc1c(C#N)c2cnc(C)nc2n1-c1c(C)ccc(OC)c1C. The summed E-state index contributed by atoms with van der Waals surface area (Å²) in [6, 6.07) is 6.21. The molecule has 0 aliphatic heterocycles. The zero-order valence-electron chi connectivity index (χ0n) is 14.2. The summed E-state index contributed by atoms with van der Waals surface area (Å²) < 4.78 is 7.44. The average molecular weight is 318 g/mol. The number of nitriles is 1. The Hall–Kier alpha value is -3.13. The van der Waals surface area contributed by atoms with Crippen molar-refractivity contribution in [2.45, 2.75) is 20.8 Å². The number of fused-ring (bicyclic) bond motifs is 1. The molecule has 3 aromatic rings. The summed E-state index contributed by atoms with van der Waals surface area (Å²) in [5.41, 5.74) is 4.95. The highest BCUT2D eigenvalue weighted by Gasteiger charge is 2.21. The van der Waals surface area contributed by atoms with Crippen LogP contribution in [-0.4, -0.2) is 21.6 Å². The second-order valence-electron chi connectivity index (χ2n) is 5.62. The van der Waals surface area contributed by atoms with Crippen LogP contribution in [0.1, 0.15) is 28.2 Å². The first-order chi connectivity index (χ1) is 11.5. The van der Waals surface area contributed by atoms with Gasteiger partial charge in [-0.3, -0.25) is 4.57 Å². The van der Waals surface area contributed by atoms with E-state index >= 15 is 0 Å². The van der Waals surface area contributed by atoms with Crippen molar-refractivity contribution in [1.29, 1.82) is 5.26 Å². The molecule has 0 radical (unpaired) electrons. The van der Waals surface area contributed by atoms with Gasteiger partial charge in [0.15, 0.2) is 0 Å².